The standard InChI is InChI=1S/C12H16ClNO2S/c1-12(2)8-14(6-10(5-13)16-12)11(15)9-3-4-17-7-9/h3-4,7,10H,5-6,8H2,1-2H3. The minimum Gasteiger partial charge on any atom is -0.367 e. The summed E-state index contributed by atoms with van der Waals surface area (Å²) in [6.07, 6.45) is -0.0806. The van der Waals surface area contributed by atoms with Gasteiger partial charge in [-0.25, -0.2) is 0 Å². The van der Waals surface area contributed by atoms with Gasteiger partial charge in [-0.15, -0.1) is 11.6 Å². The highest BCUT2D eigenvalue weighted by molar-refractivity contribution is 7.08. The van der Waals surface area contributed by atoms with Crippen LogP contribution >= 0.6 is 22.9 Å². The predicted molar refractivity (Wildman–Crippen MR) is 69.9 cm³/mol. The van der Waals surface area contributed by atoms with E-state index in [1.54, 1.807) is 0 Å². The van der Waals surface area contributed by atoms with Crippen molar-refractivity contribution < 1.29 is 9.53 Å². The summed E-state index contributed by atoms with van der Waals surface area (Å²) in [7, 11) is 0. The third-order valence-electron chi connectivity index (χ3n) is 2.71. The zero-order valence-corrected chi connectivity index (χ0v) is 11.6. The van der Waals surface area contributed by atoms with Crippen molar-refractivity contribution in [3.05, 3.63) is 22.4 Å². The fraction of sp³-hybridized carbons (Fsp3) is 0.583. The summed E-state index contributed by atoms with van der Waals surface area (Å²) in [4.78, 5) is 14.1. The fourth-order valence-corrected chi connectivity index (χ4v) is 2.89. The number of morpholine rings is 1. The van der Waals surface area contributed by atoms with Gasteiger partial charge in [0, 0.05) is 18.5 Å². The number of halogens is 1. The van der Waals surface area contributed by atoms with E-state index in [4.69, 9.17) is 16.3 Å². The van der Waals surface area contributed by atoms with Crippen molar-refractivity contribution >= 4 is 28.8 Å². The van der Waals surface area contributed by atoms with Crippen LogP contribution in [-0.4, -0.2) is 41.5 Å². The van der Waals surface area contributed by atoms with Gasteiger partial charge in [0.1, 0.15) is 0 Å². The van der Waals surface area contributed by atoms with E-state index in [0.717, 1.165) is 5.56 Å². The molecule has 1 aromatic heterocycles. The van der Waals surface area contributed by atoms with Crippen LogP contribution in [0.15, 0.2) is 16.8 Å². The predicted octanol–water partition coefficient (Wildman–Crippen LogP) is 2.61. The van der Waals surface area contributed by atoms with Crippen LogP contribution in [0.2, 0.25) is 0 Å². The van der Waals surface area contributed by atoms with Gasteiger partial charge < -0.3 is 9.64 Å². The number of amides is 1. The van der Waals surface area contributed by atoms with Gasteiger partial charge >= 0.3 is 0 Å². The third kappa shape index (κ3) is 3.00. The molecule has 2 rings (SSSR count). The maximum atomic E-state index is 12.2. The van der Waals surface area contributed by atoms with Crippen LogP contribution in [0, 0.1) is 0 Å². The molecule has 1 unspecified atom stereocenters. The van der Waals surface area contributed by atoms with Crippen molar-refractivity contribution in [1.82, 2.24) is 4.90 Å². The molecule has 1 aromatic rings. The molecule has 1 aliphatic heterocycles. The van der Waals surface area contributed by atoms with Crippen LogP contribution in [0.3, 0.4) is 0 Å². The second kappa shape index (κ2) is 4.96. The molecular formula is C12H16ClNO2S. The van der Waals surface area contributed by atoms with Crippen LogP contribution in [0.1, 0.15) is 24.2 Å². The quantitative estimate of drug-likeness (QED) is 0.775. The molecule has 1 amide bonds. The molecule has 1 saturated heterocycles. The maximum Gasteiger partial charge on any atom is 0.254 e. The zero-order chi connectivity index (χ0) is 12.5. The monoisotopic (exact) mass is 273 g/mol. The van der Waals surface area contributed by atoms with Crippen LogP contribution in [0.5, 0.6) is 0 Å². The van der Waals surface area contributed by atoms with Gasteiger partial charge in [0.15, 0.2) is 0 Å². The lowest BCUT2D eigenvalue weighted by Gasteiger charge is -2.42. The molecule has 94 valence electrons. The number of alkyl halides is 1. The van der Waals surface area contributed by atoms with Crippen LogP contribution in [0.4, 0.5) is 0 Å². The number of ether oxygens (including phenoxy) is 1. The van der Waals surface area contributed by atoms with Gasteiger partial charge in [-0.2, -0.15) is 11.3 Å². The Hall–Kier alpha value is -0.580. The molecule has 1 aliphatic rings. The van der Waals surface area contributed by atoms with E-state index in [0.29, 0.717) is 19.0 Å². The number of carbonyl (C=O) groups excluding carboxylic acids is 1. The van der Waals surface area contributed by atoms with Crippen LogP contribution < -0.4 is 0 Å². The van der Waals surface area contributed by atoms with Crippen molar-refractivity contribution in [3.63, 3.8) is 0 Å². The van der Waals surface area contributed by atoms with E-state index in [9.17, 15) is 4.79 Å². The highest BCUT2D eigenvalue weighted by Gasteiger charge is 2.35. The Morgan fingerprint density at radius 1 is 1.71 bits per heavy atom. The number of hydrogen-bond donors (Lipinski definition) is 0. The molecule has 2 heterocycles. The largest absolute Gasteiger partial charge is 0.367 e. The van der Waals surface area contributed by atoms with Gasteiger partial charge in [-0.3, -0.25) is 4.79 Å². The van der Waals surface area contributed by atoms with Crippen molar-refractivity contribution in [1.29, 1.82) is 0 Å². The van der Waals surface area contributed by atoms with Crippen molar-refractivity contribution in [2.24, 2.45) is 0 Å². The fourth-order valence-electron chi connectivity index (χ4n) is 2.10. The first-order valence-corrected chi connectivity index (χ1v) is 7.05. The van der Waals surface area contributed by atoms with E-state index in [1.165, 1.54) is 11.3 Å². The molecule has 0 saturated carbocycles. The Balaban J connectivity index is 2.12. The minimum atomic E-state index is -0.330. The number of rotatable bonds is 2. The van der Waals surface area contributed by atoms with Crippen LogP contribution in [0.25, 0.3) is 0 Å². The molecule has 0 radical (unpaired) electrons. The molecule has 5 heteroatoms. The summed E-state index contributed by atoms with van der Waals surface area (Å²) >= 11 is 7.38. The topological polar surface area (TPSA) is 29.5 Å². The molecule has 1 atom stereocenters. The van der Waals surface area contributed by atoms with Crippen molar-refractivity contribution in [2.45, 2.75) is 25.6 Å². The number of thiophene rings is 1. The number of nitrogens with zero attached hydrogens (tertiary/aromatic N) is 1. The van der Waals surface area contributed by atoms with E-state index in [1.807, 2.05) is 35.6 Å². The Morgan fingerprint density at radius 2 is 2.47 bits per heavy atom. The highest BCUT2D eigenvalue weighted by atomic mass is 35.5. The molecule has 1 fully saturated rings. The lowest BCUT2D eigenvalue weighted by Crippen LogP contribution is -2.55. The number of carbonyl (C=O) groups is 1. The average Bonchev–Trinajstić information content (AvgIpc) is 2.79. The van der Waals surface area contributed by atoms with E-state index in [-0.39, 0.29) is 17.6 Å². The molecule has 0 bridgehead atoms. The smallest absolute Gasteiger partial charge is 0.254 e. The molecule has 3 nitrogen and oxygen atoms in total. The van der Waals surface area contributed by atoms with Gasteiger partial charge in [0.25, 0.3) is 5.91 Å². The van der Waals surface area contributed by atoms with E-state index >= 15 is 0 Å². The van der Waals surface area contributed by atoms with Gasteiger partial charge in [0.2, 0.25) is 0 Å². The number of hydrogen-bond acceptors (Lipinski definition) is 3. The summed E-state index contributed by atoms with van der Waals surface area (Å²) in [5.41, 5.74) is 0.421. The summed E-state index contributed by atoms with van der Waals surface area (Å²) in [6.45, 7) is 5.15. The Kier molecular flexibility index (Phi) is 3.76. The normalized spacial score (nSPS) is 23.7. The summed E-state index contributed by atoms with van der Waals surface area (Å²) < 4.78 is 5.80. The molecular weight excluding hydrogens is 258 g/mol. The lowest BCUT2D eigenvalue weighted by molar-refractivity contribution is -0.117. The molecule has 0 aliphatic carbocycles. The second-order valence-corrected chi connectivity index (χ2v) is 5.94. The summed E-state index contributed by atoms with van der Waals surface area (Å²) in [6, 6.07) is 1.85. The maximum absolute atomic E-state index is 12.2. The van der Waals surface area contributed by atoms with Gasteiger partial charge in [0.05, 0.1) is 23.1 Å². The van der Waals surface area contributed by atoms with Crippen LogP contribution in [-0.2, 0) is 4.74 Å². The Morgan fingerprint density at radius 3 is 3.06 bits per heavy atom. The van der Waals surface area contributed by atoms with Gasteiger partial charge in [-0.1, -0.05) is 0 Å². The third-order valence-corrected chi connectivity index (χ3v) is 3.74. The first kappa shape index (κ1) is 12.9. The Bertz CT molecular complexity index is 391. The first-order valence-electron chi connectivity index (χ1n) is 5.57. The average molecular weight is 274 g/mol. The minimum absolute atomic E-state index is 0.0674. The summed E-state index contributed by atoms with van der Waals surface area (Å²) in [5, 5.41) is 3.79. The molecule has 17 heavy (non-hydrogen) atoms. The molecule has 0 spiro atoms. The first-order chi connectivity index (χ1) is 8.02. The van der Waals surface area contributed by atoms with E-state index < -0.39 is 0 Å². The molecule has 0 aromatic carbocycles. The lowest BCUT2D eigenvalue weighted by atomic mass is 10.0. The molecule has 0 N–H and O–H groups in total. The van der Waals surface area contributed by atoms with Crippen molar-refractivity contribution in [2.75, 3.05) is 19.0 Å². The highest BCUT2D eigenvalue weighted by Crippen LogP contribution is 2.23. The zero-order valence-electron chi connectivity index (χ0n) is 9.98. The van der Waals surface area contributed by atoms with Crippen molar-refractivity contribution in [3.8, 4) is 0 Å². The van der Waals surface area contributed by atoms with E-state index in [2.05, 4.69) is 0 Å². The van der Waals surface area contributed by atoms with Gasteiger partial charge in [-0.05, 0) is 25.3 Å². The Labute approximate surface area is 110 Å². The second-order valence-electron chi connectivity index (χ2n) is 4.85. The summed E-state index contributed by atoms with van der Waals surface area (Å²) in [5.74, 6) is 0.481. The SMILES string of the molecule is CC1(C)CN(C(=O)c2ccsc2)CC(CCl)O1.